The summed E-state index contributed by atoms with van der Waals surface area (Å²) in [5, 5.41) is 8.47. The number of rotatable bonds is 5. The molecule has 1 aliphatic heterocycles. The average molecular weight is 368 g/mol. The first kappa shape index (κ1) is 16.8. The van der Waals surface area contributed by atoms with E-state index in [0.717, 1.165) is 48.6 Å². The molecule has 1 aliphatic rings. The number of fused-ring (bicyclic) bond motifs is 1. The molecule has 0 amide bonds. The van der Waals surface area contributed by atoms with Crippen molar-refractivity contribution in [2.24, 2.45) is 0 Å². The van der Waals surface area contributed by atoms with Crippen LogP contribution in [0.25, 0.3) is 11.4 Å². The molecule has 0 unspecified atom stereocenters. The molecular weight excluding hydrogens is 348 g/mol. The minimum absolute atomic E-state index is 0.253. The van der Waals surface area contributed by atoms with E-state index in [-0.39, 0.29) is 4.90 Å². The highest BCUT2D eigenvalue weighted by Crippen LogP contribution is 2.26. The summed E-state index contributed by atoms with van der Waals surface area (Å²) in [7, 11) is -3.63. The predicted molar refractivity (Wildman–Crippen MR) is 100 cm³/mol. The van der Waals surface area contributed by atoms with Crippen molar-refractivity contribution in [1.29, 1.82) is 0 Å². The van der Waals surface area contributed by atoms with Gasteiger partial charge in [-0.15, -0.1) is 10.2 Å². The number of sulfonamides is 1. The standard InChI is InChI=1S/C19H20N4O2S/c1-2-14-8-10-17(11-9-14)26(24,25)22-16-6-3-5-15(13-16)19-21-20-18-7-4-12-23(18)19/h3,5-6,8-11,13,22H,2,4,7,12H2,1H3. The molecule has 1 aromatic heterocycles. The van der Waals surface area contributed by atoms with E-state index in [1.807, 2.05) is 31.2 Å². The molecule has 0 saturated carbocycles. The van der Waals surface area contributed by atoms with Crippen LogP contribution >= 0.6 is 0 Å². The van der Waals surface area contributed by atoms with Crippen molar-refractivity contribution < 1.29 is 8.42 Å². The Hall–Kier alpha value is -2.67. The van der Waals surface area contributed by atoms with Crippen LogP contribution in [-0.4, -0.2) is 23.2 Å². The summed E-state index contributed by atoms with van der Waals surface area (Å²) in [5.74, 6) is 1.77. The number of hydrogen-bond donors (Lipinski definition) is 1. The second kappa shape index (κ2) is 6.57. The molecule has 2 heterocycles. The van der Waals surface area contributed by atoms with Gasteiger partial charge in [0.25, 0.3) is 10.0 Å². The predicted octanol–water partition coefficient (Wildman–Crippen LogP) is 3.25. The first-order chi connectivity index (χ1) is 12.6. The zero-order chi connectivity index (χ0) is 18.1. The smallest absolute Gasteiger partial charge is 0.261 e. The van der Waals surface area contributed by atoms with Gasteiger partial charge in [-0.2, -0.15) is 0 Å². The summed E-state index contributed by atoms with van der Waals surface area (Å²) in [6.45, 7) is 2.94. The first-order valence-electron chi connectivity index (χ1n) is 8.71. The van der Waals surface area contributed by atoms with Crippen molar-refractivity contribution in [3.05, 3.63) is 59.9 Å². The summed E-state index contributed by atoms with van der Waals surface area (Å²) >= 11 is 0. The van der Waals surface area contributed by atoms with E-state index in [0.29, 0.717) is 5.69 Å². The van der Waals surface area contributed by atoms with E-state index in [4.69, 9.17) is 0 Å². The Labute approximate surface area is 153 Å². The number of aromatic nitrogens is 3. The van der Waals surface area contributed by atoms with E-state index in [1.165, 1.54) is 0 Å². The Bertz CT molecular complexity index is 1040. The largest absolute Gasteiger partial charge is 0.311 e. The van der Waals surface area contributed by atoms with Gasteiger partial charge in [-0.25, -0.2) is 8.42 Å². The zero-order valence-corrected chi connectivity index (χ0v) is 15.3. The number of benzene rings is 2. The third kappa shape index (κ3) is 3.10. The monoisotopic (exact) mass is 368 g/mol. The number of hydrogen-bond acceptors (Lipinski definition) is 4. The number of nitrogens with one attached hydrogen (secondary N) is 1. The lowest BCUT2D eigenvalue weighted by atomic mass is 10.2. The molecule has 0 bridgehead atoms. The summed E-state index contributed by atoms with van der Waals surface area (Å²) in [6, 6.07) is 14.2. The lowest BCUT2D eigenvalue weighted by Gasteiger charge is -2.10. The maximum Gasteiger partial charge on any atom is 0.261 e. The molecule has 0 radical (unpaired) electrons. The molecule has 6 nitrogen and oxygen atoms in total. The maximum atomic E-state index is 12.6. The normalized spacial score (nSPS) is 13.6. The zero-order valence-electron chi connectivity index (χ0n) is 14.5. The third-order valence-electron chi connectivity index (χ3n) is 4.62. The Morgan fingerprint density at radius 1 is 1.12 bits per heavy atom. The Morgan fingerprint density at radius 3 is 2.69 bits per heavy atom. The van der Waals surface area contributed by atoms with Crippen LogP contribution in [0, 0.1) is 0 Å². The van der Waals surface area contributed by atoms with Crippen molar-refractivity contribution in [1.82, 2.24) is 14.8 Å². The molecule has 0 atom stereocenters. The fraction of sp³-hybridized carbons (Fsp3) is 0.263. The summed E-state index contributed by atoms with van der Waals surface area (Å²) < 4.78 is 30.0. The van der Waals surface area contributed by atoms with Crippen LogP contribution in [0.3, 0.4) is 0 Å². The molecule has 2 aromatic carbocycles. The molecule has 1 N–H and O–H groups in total. The quantitative estimate of drug-likeness (QED) is 0.750. The summed E-state index contributed by atoms with van der Waals surface area (Å²) in [5.41, 5.74) is 2.47. The molecule has 0 spiro atoms. The fourth-order valence-electron chi connectivity index (χ4n) is 3.20. The average Bonchev–Trinajstić information content (AvgIpc) is 3.25. The van der Waals surface area contributed by atoms with Gasteiger partial charge in [0, 0.05) is 24.2 Å². The van der Waals surface area contributed by atoms with Gasteiger partial charge in [0.05, 0.1) is 4.90 Å². The van der Waals surface area contributed by atoms with Gasteiger partial charge in [0.2, 0.25) is 0 Å². The highest BCUT2D eigenvalue weighted by Gasteiger charge is 2.19. The van der Waals surface area contributed by atoms with Crippen LogP contribution in [0.5, 0.6) is 0 Å². The first-order valence-corrected chi connectivity index (χ1v) is 10.2. The van der Waals surface area contributed by atoms with E-state index in [9.17, 15) is 8.42 Å². The molecule has 0 saturated heterocycles. The lowest BCUT2D eigenvalue weighted by Crippen LogP contribution is -2.13. The topological polar surface area (TPSA) is 76.9 Å². The highest BCUT2D eigenvalue weighted by atomic mass is 32.2. The highest BCUT2D eigenvalue weighted by molar-refractivity contribution is 7.92. The minimum Gasteiger partial charge on any atom is -0.311 e. The third-order valence-corrected chi connectivity index (χ3v) is 6.02. The Balaban J connectivity index is 1.62. The number of anilines is 1. The maximum absolute atomic E-state index is 12.6. The van der Waals surface area contributed by atoms with Crippen LogP contribution in [0.2, 0.25) is 0 Å². The molecule has 0 fully saturated rings. The van der Waals surface area contributed by atoms with Gasteiger partial charge < -0.3 is 4.57 Å². The second-order valence-electron chi connectivity index (χ2n) is 6.38. The van der Waals surface area contributed by atoms with Crippen LogP contribution < -0.4 is 4.72 Å². The van der Waals surface area contributed by atoms with E-state index < -0.39 is 10.0 Å². The Morgan fingerprint density at radius 2 is 1.92 bits per heavy atom. The SMILES string of the molecule is CCc1ccc(S(=O)(=O)Nc2cccc(-c3nnc4n3CCC4)c2)cc1. The second-order valence-corrected chi connectivity index (χ2v) is 8.06. The van der Waals surface area contributed by atoms with Crippen LogP contribution in [-0.2, 0) is 29.4 Å². The molecule has 7 heteroatoms. The molecule has 134 valence electrons. The van der Waals surface area contributed by atoms with Crippen molar-refractivity contribution in [2.75, 3.05) is 4.72 Å². The fourth-order valence-corrected chi connectivity index (χ4v) is 4.25. The number of aryl methyl sites for hydroxylation is 2. The molecule has 0 aliphatic carbocycles. The van der Waals surface area contributed by atoms with E-state index >= 15 is 0 Å². The van der Waals surface area contributed by atoms with Crippen molar-refractivity contribution >= 4 is 15.7 Å². The molecule has 26 heavy (non-hydrogen) atoms. The van der Waals surface area contributed by atoms with Crippen molar-refractivity contribution in [3.8, 4) is 11.4 Å². The van der Waals surface area contributed by atoms with Crippen LogP contribution in [0.1, 0.15) is 24.7 Å². The van der Waals surface area contributed by atoms with Gasteiger partial charge in [0.15, 0.2) is 5.82 Å². The van der Waals surface area contributed by atoms with Gasteiger partial charge in [0.1, 0.15) is 5.82 Å². The van der Waals surface area contributed by atoms with Gasteiger partial charge in [-0.3, -0.25) is 4.72 Å². The van der Waals surface area contributed by atoms with Gasteiger partial charge >= 0.3 is 0 Å². The van der Waals surface area contributed by atoms with E-state index in [1.54, 1.807) is 24.3 Å². The minimum atomic E-state index is -3.63. The summed E-state index contributed by atoms with van der Waals surface area (Å²) in [4.78, 5) is 0.253. The summed E-state index contributed by atoms with van der Waals surface area (Å²) in [6.07, 6.45) is 2.88. The van der Waals surface area contributed by atoms with Gasteiger partial charge in [-0.1, -0.05) is 31.2 Å². The molecule has 4 rings (SSSR count). The molecular formula is C19H20N4O2S. The van der Waals surface area contributed by atoms with Crippen LogP contribution in [0.15, 0.2) is 53.4 Å². The van der Waals surface area contributed by atoms with Crippen LogP contribution in [0.4, 0.5) is 5.69 Å². The lowest BCUT2D eigenvalue weighted by molar-refractivity contribution is 0.601. The van der Waals surface area contributed by atoms with E-state index in [2.05, 4.69) is 19.5 Å². The van der Waals surface area contributed by atoms with Crippen molar-refractivity contribution in [2.45, 2.75) is 37.6 Å². The molecule has 3 aromatic rings. The van der Waals surface area contributed by atoms with Gasteiger partial charge in [-0.05, 0) is 42.7 Å². The Kier molecular flexibility index (Phi) is 4.24. The number of nitrogens with zero attached hydrogens (tertiary/aromatic N) is 3. The van der Waals surface area contributed by atoms with Crippen molar-refractivity contribution in [3.63, 3.8) is 0 Å².